The maximum atomic E-state index is 14.5. The molecule has 0 radical (unpaired) electrons. The van der Waals surface area contributed by atoms with Gasteiger partial charge in [-0.15, -0.1) is 0 Å². The Morgan fingerprint density at radius 3 is 1.27 bits per heavy atom. The van der Waals surface area contributed by atoms with Gasteiger partial charge in [-0.1, -0.05) is 0 Å². The molecule has 0 unspecified atom stereocenters. The van der Waals surface area contributed by atoms with Gasteiger partial charge in [0.15, 0.2) is 5.78 Å². The van der Waals surface area contributed by atoms with Gasteiger partial charge in [-0.2, -0.15) is 0 Å². The number of hydrogen-bond acceptors (Lipinski definition) is 24. The largest absolute Gasteiger partial charge is 0.507 e. The highest BCUT2D eigenvalue weighted by Crippen LogP contribution is 2.48. The first-order valence-corrected chi connectivity index (χ1v) is 27.4. The van der Waals surface area contributed by atoms with Gasteiger partial charge in [-0.3, -0.25) is 19.2 Å². The first-order chi connectivity index (χ1) is 39.1. The highest BCUT2D eigenvalue weighted by molar-refractivity contribution is 6.42. The molecule has 2 fully saturated rings. The number of aliphatic hydroxyl groups excluding tert-OH is 1. The lowest BCUT2D eigenvalue weighted by Gasteiger charge is -2.35. The summed E-state index contributed by atoms with van der Waals surface area (Å²) in [6, 6.07) is 3.14. The third kappa shape index (κ3) is 21.9. The number of phenols is 1. The van der Waals surface area contributed by atoms with E-state index in [1.165, 1.54) is 12.1 Å². The highest BCUT2D eigenvalue weighted by atomic mass is 16.6. The van der Waals surface area contributed by atoms with Crippen LogP contribution in [-0.2, 0) is 90.2 Å². The number of esters is 2. The van der Waals surface area contributed by atoms with Crippen molar-refractivity contribution in [2.24, 2.45) is 11.8 Å². The van der Waals surface area contributed by atoms with Crippen molar-refractivity contribution in [3.8, 4) is 11.5 Å². The quantitative estimate of drug-likeness (QED) is 0.0541. The maximum Gasteiger partial charge on any atom is 0.309 e. The first kappa shape index (κ1) is 65.6. The Morgan fingerprint density at radius 1 is 0.463 bits per heavy atom. The summed E-state index contributed by atoms with van der Waals surface area (Å²) in [5, 5.41) is 23.7. The molecular weight excluding hydrogens is 1050 g/mol. The predicted molar refractivity (Wildman–Crippen MR) is 288 cm³/mol. The summed E-state index contributed by atoms with van der Waals surface area (Å²) in [6.07, 6.45) is 4.88. The molecule has 0 saturated carbocycles. The molecule has 1 aromatic carbocycles. The zero-order valence-corrected chi connectivity index (χ0v) is 47.0. The van der Waals surface area contributed by atoms with Crippen LogP contribution >= 0.6 is 0 Å². The number of benzene rings is 1. The molecule has 2 saturated heterocycles. The van der Waals surface area contributed by atoms with E-state index in [2.05, 4.69) is 0 Å². The number of methoxy groups -OCH3 is 4. The molecule has 24 heteroatoms. The van der Waals surface area contributed by atoms with Crippen LogP contribution in [0.4, 0.5) is 5.69 Å². The normalized spacial score (nSPS) is 17.2. The minimum absolute atomic E-state index is 0.00332. The summed E-state index contributed by atoms with van der Waals surface area (Å²) in [4.78, 5) is 58.7. The summed E-state index contributed by atoms with van der Waals surface area (Å²) in [7, 11) is 6.36. The zero-order chi connectivity index (χ0) is 57.2. The second kappa shape index (κ2) is 38.5. The molecule has 0 bridgehead atoms. The van der Waals surface area contributed by atoms with E-state index in [1.54, 1.807) is 40.6 Å². The highest BCUT2D eigenvalue weighted by Gasteiger charge is 2.44. The Balaban J connectivity index is 1.29. The SMILES string of the molecule is COCCOCCOCCOC(=O)C1CCN(C2=CC(=O)/C(=C3\C(=O)C(c4c(O)cc(N5CCC(C(=O)OCCOCCOCCOC)CC5)cc4OCCOCCOCCOC)=C3O)C(OCCOCCOCCOC)=C2)CC1. The van der Waals surface area contributed by atoms with Gasteiger partial charge >= 0.3 is 11.9 Å². The molecule has 450 valence electrons. The third-order valence-corrected chi connectivity index (χ3v) is 13.1. The van der Waals surface area contributed by atoms with Crippen LogP contribution in [0.15, 0.2) is 52.6 Å². The van der Waals surface area contributed by atoms with Gasteiger partial charge < -0.3 is 95.8 Å². The number of ether oxygens (including phenoxy) is 16. The van der Waals surface area contributed by atoms with Gasteiger partial charge in [0.1, 0.15) is 49.4 Å². The van der Waals surface area contributed by atoms with Crippen LogP contribution in [0.1, 0.15) is 31.2 Å². The number of hydrogen-bond donors (Lipinski definition) is 2. The average molecular weight is 1140 g/mol. The maximum absolute atomic E-state index is 14.5. The van der Waals surface area contributed by atoms with Crippen molar-refractivity contribution in [1.82, 2.24) is 4.90 Å². The molecule has 0 amide bonds. The predicted octanol–water partition coefficient (Wildman–Crippen LogP) is 3.02. The molecule has 24 nitrogen and oxygen atoms in total. The van der Waals surface area contributed by atoms with Crippen LogP contribution in [0.5, 0.6) is 11.5 Å². The number of nitrogens with zero attached hydrogens (tertiary/aromatic N) is 2. The van der Waals surface area contributed by atoms with Gasteiger partial charge in [0.2, 0.25) is 5.78 Å². The average Bonchev–Trinajstić information content (AvgIpc) is 3.52. The molecule has 0 atom stereocenters. The monoisotopic (exact) mass is 1140 g/mol. The Bertz CT molecular complexity index is 2170. The molecule has 2 aliphatic carbocycles. The van der Waals surface area contributed by atoms with Gasteiger partial charge in [0.25, 0.3) is 0 Å². The minimum atomic E-state index is -0.723. The number of aliphatic hydroxyl groups is 1. The summed E-state index contributed by atoms with van der Waals surface area (Å²) in [6.45, 7) is 8.98. The standard InChI is InChI=1S/C56H84N2O22/c1-65-13-17-69-21-25-73-29-33-77-47-39-43(57-9-5-41(6-10-57)55(63)79-35-31-75-27-23-71-19-15-67-3)37-45(59)49(47)51-53(61)52(54(51)62)50-46(60)38-44(40-48(50)78-34-30-74-26-22-70-18-14-66-2)58-11-7-42(8-12-58)56(64)80-36-32-76-28-24-72-20-16-68-4/h37-42,59,61H,5-36H2,1-4H3/b52-50+. The van der Waals surface area contributed by atoms with Crippen molar-refractivity contribution in [1.29, 1.82) is 0 Å². The topological polar surface area (TPSA) is 263 Å². The molecule has 4 aliphatic rings. The molecule has 80 heavy (non-hydrogen) atoms. The van der Waals surface area contributed by atoms with Crippen molar-refractivity contribution < 1.29 is 105 Å². The number of rotatable bonds is 43. The number of piperidine rings is 2. The van der Waals surface area contributed by atoms with E-state index < -0.39 is 17.3 Å². The van der Waals surface area contributed by atoms with E-state index in [0.717, 1.165) is 0 Å². The number of aromatic hydroxyl groups is 1. The number of carbonyl (C=O) groups is 4. The fraction of sp³-hybridized carbons (Fsp3) is 0.679. The lowest BCUT2D eigenvalue weighted by molar-refractivity contribution is -0.152. The van der Waals surface area contributed by atoms with Crippen molar-refractivity contribution in [2.75, 3.05) is 218 Å². The van der Waals surface area contributed by atoms with Crippen LogP contribution < -0.4 is 9.64 Å². The summed E-state index contributed by atoms with van der Waals surface area (Å²) >= 11 is 0. The molecule has 0 aromatic heterocycles. The van der Waals surface area contributed by atoms with Crippen LogP contribution in [0.25, 0.3) is 5.57 Å². The molecule has 2 heterocycles. The second-order valence-electron chi connectivity index (χ2n) is 18.5. The number of ketones is 2. The summed E-state index contributed by atoms with van der Waals surface area (Å²) in [5.41, 5.74) is 0.268. The van der Waals surface area contributed by atoms with E-state index in [4.69, 9.17) is 75.8 Å². The Morgan fingerprint density at radius 2 is 0.850 bits per heavy atom. The van der Waals surface area contributed by atoms with E-state index in [1.807, 2.05) is 9.80 Å². The molecule has 0 spiro atoms. The summed E-state index contributed by atoms with van der Waals surface area (Å²) in [5.74, 6) is -3.44. The van der Waals surface area contributed by atoms with Crippen LogP contribution in [0, 0.1) is 11.8 Å². The lowest BCUT2D eigenvalue weighted by atomic mass is 9.78. The van der Waals surface area contributed by atoms with Gasteiger partial charge in [0, 0.05) is 90.3 Å². The number of allylic oxidation sites excluding steroid dienone is 5. The van der Waals surface area contributed by atoms with E-state index in [0.29, 0.717) is 156 Å². The van der Waals surface area contributed by atoms with Crippen molar-refractivity contribution in [3.63, 3.8) is 0 Å². The smallest absolute Gasteiger partial charge is 0.309 e. The number of carbonyl (C=O) groups excluding carboxylic acids is 4. The van der Waals surface area contributed by atoms with Crippen molar-refractivity contribution in [3.05, 3.63) is 58.2 Å². The second-order valence-corrected chi connectivity index (χ2v) is 18.5. The molecule has 2 aliphatic heterocycles. The fourth-order valence-corrected chi connectivity index (χ4v) is 8.78. The number of phenolic OH excluding ortho intramolecular Hbond substituents is 1. The Labute approximate surface area is 468 Å². The van der Waals surface area contributed by atoms with Crippen LogP contribution in [-0.4, -0.2) is 252 Å². The van der Waals surface area contributed by atoms with Gasteiger partial charge in [-0.05, 0) is 25.7 Å². The van der Waals surface area contributed by atoms with Crippen LogP contribution in [0.3, 0.4) is 0 Å². The lowest BCUT2D eigenvalue weighted by Crippen LogP contribution is -2.37. The first-order valence-electron chi connectivity index (χ1n) is 27.4. The van der Waals surface area contributed by atoms with Crippen molar-refractivity contribution >= 4 is 34.8 Å². The number of Topliss-reactive ketones (excluding diaryl/α,β-unsaturated/α-hetero) is 1. The third-order valence-electron chi connectivity index (χ3n) is 13.1. The zero-order valence-electron chi connectivity index (χ0n) is 47.0. The van der Waals surface area contributed by atoms with Gasteiger partial charge in [0.05, 0.1) is 166 Å². The van der Waals surface area contributed by atoms with Crippen molar-refractivity contribution in [2.45, 2.75) is 25.7 Å². The Hall–Kier alpha value is -5.22. The molecule has 1 aromatic rings. The Kier molecular flexibility index (Phi) is 31.5. The number of likely N-dealkylation sites (tertiary alicyclic amines) is 1. The fourth-order valence-electron chi connectivity index (χ4n) is 8.78. The van der Waals surface area contributed by atoms with Gasteiger partial charge in [-0.25, -0.2) is 0 Å². The minimum Gasteiger partial charge on any atom is -0.507 e. The van der Waals surface area contributed by atoms with E-state index in [9.17, 15) is 29.4 Å². The molecular formula is C56H84N2O22. The molecule has 5 rings (SSSR count). The van der Waals surface area contributed by atoms with Crippen LogP contribution in [0.2, 0.25) is 0 Å². The number of anilines is 1. The van der Waals surface area contributed by atoms with E-state index >= 15 is 0 Å². The summed E-state index contributed by atoms with van der Waals surface area (Å²) < 4.78 is 87.4. The van der Waals surface area contributed by atoms with E-state index in [-0.39, 0.29) is 129 Å². The molecule has 2 N–H and O–H groups in total.